The minimum atomic E-state index is -0.258. The average molecular weight is 244 g/mol. The van der Waals surface area contributed by atoms with E-state index in [4.69, 9.17) is 0 Å². The standard InChI is InChI=1S/C14H16N2O2/c1-11(12-6-3-2-4-7-12)10-13(17)15-16-9-5-8-14(16)18/h2-4,6-7,10H,5,8-9H2,1H3,(H,15,17)/b11-10+. The Bertz CT molecular complexity index is 480. The van der Waals surface area contributed by atoms with Gasteiger partial charge in [-0.3, -0.25) is 20.0 Å². The molecule has 1 aromatic carbocycles. The third-order valence-corrected chi connectivity index (χ3v) is 2.90. The number of carbonyl (C=O) groups excluding carboxylic acids is 2. The molecule has 0 spiro atoms. The highest BCUT2D eigenvalue weighted by molar-refractivity contribution is 5.96. The van der Waals surface area contributed by atoms with Crippen LogP contribution in [0.4, 0.5) is 0 Å². The predicted octanol–water partition coefficient (Wildman–Crippen LogP) is 1.74. The lowest BCUT2D eigenvalue weighted by atomic mass is 10.1. The summed E-state index contributed by atoms with van der Waals surface area (Å²) >= 11 is 0. The van der Waals surface area contributed by atoms with Crippen LogP contribution in [0.2, 0.25) is 0 Å². The molecule has 0 unspecified atom stereocenters. The maximum absolute atomic E-state index is 11.7. The molecule has 2 rings (SSSR count). The van der Waals surface area contributed by atoms with Crippen molar-refractivity contribution in [3.05, 3.63) is 42.0 Å². The maximum Gasteiger partial charge on any atom is 0.262 e. The number of nitrogens with one attached hydrogen (secondary N) is 1. The average Bonchev–Trinajstić information content (AvgIpc) is 2.76. The molecule has 1 saturated heterocycles. The Morgan fingerprint density at radius 3 is 2.67 bits per heavy atom. The van der Waals surface area contributed by atoms with E-state index in [-0.39, 0.29) is 11.8 Å². The van der Waals surface area contributed by atoms with Gasteiger partial charge in [-0.1, -0.05) is 30.3 Å². The van der Waals surface area contributed by atoms with Gasteiger partial charge in [-0.15, -0.1) is 0 Å². The number of allylic oxidation sites excluding steroid dienone is 1. The van der Waals surface area contributed by atoms with Gasteiger partial charge in [-0.05, 0) is 24.5 Å². The maximum atomic E-state index is 11.7. The number of benzene rings is 1. The highest BCUT2D eigenvalue weighted by Gasteiger charge is 2.21. The fourth-order valence-electron chi connectivity index (χ4n) is 1.91. The fourth-order valence-corrected chi connectivity index (χ4v) is 1.91. The zero-order valence-electron chi connectivity index (χ0n) is 10.3. The number of hydrogen-bond donors (Lipinski definition) is 1. The van der Waals surface area contributed by atoms with Gasteiger partial charge in [0.2, 0.25) is 5.91 Å². The van der Waals surface area contributed by atoms with Crippen molar-refractivity contribution in [2.45, 2.75) is 19.8 Å². The second-order valence-corrected chi connectivity index (χ2v) is 4.32. The highest BCUT2D eigenvalue weighted by atomic mass is 16.2. The minimum absolute atomic E-state index is 0.0193. The van der Waals surface area contributed by atoms with Crippen LogP contribution in [0.3, 0.4) is 0 Å². The zero-order valence-corrected chi connectivity index (χ0v) is 10.3. The molecule has 1 fully saturated rings. The van der Waals surface area contributed by atoms with E-state index in [1.807, 2.05) is 37.3 Å². The quantitative estimate of drug-likeness (QED) is 0.823. The summed E-state index contributed by atoms with van der Waals surface area (Å²) in [6.45, 7) is 2.48. The molecule has 4 heteroatoms. The van der Waals surface area contributed by atoms with Gasteiger partial charge in [0.1, 0.15) is 0 Å². The van der Waals surface area contributed by atoms with Crippen LogP contribution in [0.15, 0.2) is 36.4 Å². The first kappa shape index (κ1) is 12.4. The Morgan fingerprint density at radius 1 is 1.33 bits per heavy atom. The van der Waals surface area contributed by atoms with Crippen LogP contribution >= 0.6 is 0 Å². The zero-order chi connectivity index (χ0) is 13.0. The highest BCUT2D eigenvalue weighted by Crippen LogP contribution is 2.12. The molecule has 18 heavy (non-hydrogen) atoms. The van der Waals surface area contributed by atoms with E-state index in [0.29, 0.717) is 13.0 Å². The number of hydrazine groups is 1. The van der Waals surface area contributed by atoms with Gasteiger partial charge in [-0.2, -0.15) is 0 Å². The van der Waals surface area contributed by atoms with E-state index in [1.54, 1.807) is 0 Å². The molecule has 0 atom stereocenters. The van der Waals surface area contributed by atoms with E-state index in [0.717, 1.165) is 17.6 Å². The Balaban J connectivity index is 2.00. The van der Waals surface area contributed by atoms with Gasteiger partial charge in [-0.25, -0.2) is 0 Å². The van der Waals surface area contributed by atoms with Crippen LogP contribution in [-0.2, 0) is 9.59 Å². The minimum Gasteiger partial charge on any atom is -0.273 e. The van der Waals surface area contributed by atoms with Crippen molar-refractivity contribution < 1.29 is 9.59 Å². The summed E-state index contributed by atoms with van der Waals surface area (Å²) in [4.78, 5) is 23.1. The number of rotatable bonds is 3. The molecule has 0 saturated carbocycles. The molecule has 94 valence electrons. The summed E-state index contributed by atoms with van der Waals surface area (Å²) in [5.74, 6) is -0.277. The number of carbonyl (C=O) groups is 2. The molecule has 1 N–H and O–H groups in total. The monoisotopic (exact) mass is 244 g/mol. The normalized spacial score (nSPS) is 15.9. The van der Waals surface area contributed by atoms with Crippen molar-refractivity contribution in [2.75, 3.05) is 6.54 Å². The van der Waals surface area contributed by atoms with Crippen LogP contribution in [0.25, 0.3) is 5.57 Å². The van der Waals surface area contributed by atoms with Crippen LogP contribution in [-0.4, -0.2) is 23.4 Å². The van der Waals surface area contributed by atoms with Crippen LogP contribution in [0, 0.1) is 0 Å². The van der Waals surface area contributed by atoms with Gasteiger partial charge < -0.3 is 0 Å². The van der Waals surface area contributed by atoms with E-state index >= 15 is 0 Å². The first-order valence-corrected chi connectivity index (χ1v) is 6.01. The molecule has 2 amide bonds. The summed E-state index contributed by atoms with van der Waals surface area (Å²) < 4.78 is 0. The molecule has 0 bridgehead atoms. The first-order valence-electron chi connectivity index (χ1n) is 6.01. The first-order chi connectivity index (χ1) is 8.66. The molecule has 4 nitrogen and oxygen atoms in total. The number of hydrogen-bond acceptors (Lipinski definition) is 2. The summed E-state index contributed by atoms with van der Waals surface area (Å²) in [5.41, 5.74) is 4.47. The lowest BCUT2D eigenvalue weighted by Gasteiger charge is -2.15. The molecule has 0 aliphatic carbocycles. The van der Waals surface area contributed by atoms with Gasteiger partial charge in [0.05, 0.1) is 0 Å². The number of nitrogens with zero attached hydrogens (tertiary/aromatic N) is 1. The fraction of sp³-hybridized carbons (Fsp3) is 0.286. The van der Waals surface area contributed by atoms with E-state index in [9.17, 15) is 9.59 Å². The smallest absolute Gasteiger partial charge is 0.262 e. The largest absolute Gasteiger partial charge is 0.273 e. The topological polar surface area (TPSA) is 49.4 Å². The van der Waals surface area contributed by atoms with Gasteiger partial charge in [0, 0.05) is 19.0 Å². The number of amides is 2. The Hall–Kier alpha value is -2.10. The van der Waals surface area contributed by atoms with E-state index in [1.165, 1.54) is 11.1 Å². The Kier molecular flexibility index (Phi) is 3.77. The second kappa shape index (κ2) is 5.49. The van der Waals surface area contributed by atoms with Crippen LogP contribution in [0.1, 0.15) is 25.3 Å². The molecule has 1 heterocycles. The Morgan fingerprint density at radius 2 is 2.06 bits per heavy atom. The van der Waals surface area contributed by atoms with E-state index < -0.39 is 0 Å². The van der Waals surface area contributed by atoms with E-state index in [2.05, 4.69) is 5.43 Å². The summed E-state index contributed by atoms with van der Waals surface area (Å²) in [5, 5.41) is 1.39. The Labute approximate surface area is 106 Å². The molecule has 1 aliphatic heterocycles. The van der Waals surface area contributed by atoms with Crippen molar-refractivity contribution in [3.63, 3.8) is 0 Å². The third-order valence-electron chi connectivity index (χ3n) is 2.90. The summed E-state index contributed by atoms with van der Waals surface area (Å²) in [6, 6.07) is 9.67. The lowest BCUT2D eigenvalue weighted by molar-refractivity contribution is -0.136. The van der Waals surface area contributed by atoms with Crippen molar-refractivity contribution in [3.8, 4) is 0 Å². The SMILES string of the molecule is C/C(=C\C(=O)NN1CCCC1=O)c1ccccc1. The predicted molar refractivity (Wildman–Crippen MR) is 69.2 cm³/mol. The molecular formula is C14H16N2O2. The van der Waals surface area contributed by atoms with Crippen molar-refractivity contribution >= 4 is 17.4 Å². The third kappa shape index (κ3) is 2.97. The van der Waals surface area contributed by atoms with Crippen LogP contribution in [0.5, 0.6) is 0 Å². The van der Waals surface area contributed by atoms with Crippen molar-refractivity contribution in [2.24, 2.45) is 0 Å². The molecule has 0 radical (unpaired) electrons. The van der Waals surface area contributed by atoms with Gasteiger partial charge in [0.25, 0.3) is 5.91 Å². The van der Waals surface area contributed by atoms with Crippen LogP contribution < -0.4 is 5.43 Å². The summed E-state index contributed by atoms with van der Waals surface area (Å²) in [7, 11) is 0. The lowest BCUT2D eigenvalue weighted by Crippen LogP contribution is -2.42. The molecule has 1 aliphatic rings. The van der Waals surface area contributed by atoms with Crippen molar-refractivity contribution in [1.29, 1.82) is 0 Å². The van der Waals surface area contributed by atoms with Gasteiger partial charge >= 0.3 is 0 Å². The molecule has 0 aromatic heterocycles. The molecular weight excluding hydrogens is 228 g/mol. The summed E-state index contributed by atoms with van der Waals surface area (Å²) in [6.07, 6.45) is 2.84. The second-order valence-electron chi connectivity index (χ2n) is 4.32. The molecule has 1 aromatic rings. The van der Waals surface area contributed by atoms with Crippen molar-refractivity contribution in [1.82, 2.24) is 10.4 Å². The van der Waals surface area contributed by atoms with Gasteiger partial charge in [0.15, 0.2) is 0 Å².